The van der Waals surface area contributed by atoms with E-state index in [4.69, 9.17) is 9.15 Å². The Bertz CT molecular complexity index is 684. The maximum absolute atomic E-state index is 12.3. The van der Waals surface area contributed by atoms with Gasteiger partial charge in [0.15, 0.2) is 11.3 Å². The van der Waals surface area contributed by atoms with Gasteiger partial charge in [0.05, 0.1) is 18.6 Å². The SMILES string of the molecule is C=CCc1cccc2c(=O)cc(N3CCOCC3)oc12. The molecule has 0 bridgehead atoms. The summed E-state index contributed by atoms with van der Waals surface area (Å²) in [5.41, 5.74) is 1.66. The smallest absolute Gasteiger partial charge is 0.200 e. The van der Waals surface area contributed by atoms with Crippen molar-refractivity contribution >= 4 is 16.9 Å². The van der Waals surface area contributed by atoms with E-state index in [0.717, 1.165) is 18.7 Å². The topological polar surface area (TPSA) is 42.7 Å². The fourth-order valence-corrected chi connectivity index (χ4v) is 2.48. The van der Waals surface area contributed by atoms with Crippen LogP contribution in [0.25, 0.3) is 11.0 Å². The molecule has 2 aromatic rings. The summed E-state index contributed by atoms with van der Waals surface area (Å²) in [7, 11) is 0. The van der Waals surface area contributed by atoms with E-state index in [-0.39, 0.29) is 5.43 Å². The molecule has 1 fully saturated rings. The Labute approximate surface area is 117 Å². The van der Waals surface area contributed by atoms with Crippen molar-refractivity contribution in [2.75, 3.05) is 31.2 Å². The fraction of sp³-hybridized carbons (Fsp3) is 0.312. The van der Waals surface area contributed by atoms with Gasteiger partial charge in [0.25, 0.3) is 0 Å². The van der Waals surface area contributed by atoms with Gasteiger partial charge in [0, 0.05) is 19.2 Å². The summed E-state index contributed by atoms with van der Waals surface area (Å²) >= 11 is 0. The lowest BCUT2D eigenvalue weighted by Gasteiger charge is -2.27. The van der Waals surface area contributed by atoms with Gasteiger partial charge in [0.2, 0.25) is 0 Å². The van der Waals surface area contributed by atoms with Gasteiger partial charge in [0.1, 0.15) is 5.58 Å². The second-order valence-corrected chi connectivity index (χ2v) is 4.83. The van der Waals surface area contributed by atoms with Gasteiger partial charge >= 0.3 is 0 Å². The molecule has 1 aromatic carbocycles. The highest BCUT2D eigenvalue weighted by molar-refractivity contribution is 5.81. The fourth-order valence-electron chi connectivity index (χ4n) is 2.48. The van der Waals surface area contributed by atoms with Crippen molar-refractivity contribution < 1.29 is 9.15 Å². The minimum Gasteiger partial charge on any atom is -0.440 e. The Kier molecular flexibility index (Phi) is 3.56. The highest BCUT2D eigenvalue weighted by Gasteiger charge is 2.16. The zero-order valence-corrected chi connectivity index (χ0v) is 11.3. The lowest BCUT2D eigenvalue weighted by atomic mass is 10.1. The molecule has 104 valence electrons. The molecule has 4 heteroatoms. The van der Waals surface area contributed by atoms with Crippen LogP contribution in [-0.4, -0.2) is 26.3 Å². The molecule has 1 aliphatic rings. The molecule has 2 heterocycles. The summed E-state index contributed by atoms with van der Waals surface area (Å²) in [6.07, 6.45) is 2.50. The number of morpholine rings is 1. The summed E-state index contributed by atoms with van der Waals surface area (Å²) in [5, 5.41) is 0.626. The lowest BCUT2D eigenvalue weighted by molar-refractivity contribution is 0.121. The monoisotopic (exact) mass is 271 g/mol. The van der Waals surface area contributed by atoms with E-state index < -0.39 is 0 Å². The molecule has 1 aromatic heterocycles. The zero-order valence-electron chi connectivity index (χ0n) is 11.3. The van der Waals surface area contributed by atoms with E-state index in [1.165, 1.54) is 0 Å². The molecule has 1 saturated heterocycles. The largest absolute Gasteiger partial charge is 0.440 e. The van der Waals surface area contributed by atoms with Crippen molar-refractivity contribution in [2.45, 2.75) is 6.42 Å². The molecule has 0 radical (unpaired) electrons. The van der Waals surface area contributed by atoms with Crippen LogP contribution < -0.4 is 10.3 Å². The van der Waals surface area contributed by atoms with Crippen LogP contribution in [0.4, 0.5) is 5.88 Å². The van der Waals surface area contributed by atoms with Crippen LogP contribution in [0.3, 0.4) is 0 Å². The van der Waals surface area contributed by atoms with Crippen molar-refractivity contribution in [3.63, 3.8) is 0 Å². The standard InChI is InChI=1S/C16H17NO3/c1-2-4-12-5-3-6-13-14(18)11-15(20-16(12)13)17-7-9-19-10-8-17/h2-3,5-6,11H,1,4,7-10H2. The van der Waals surface area contributed by atoms with Gasteiger partial charge in [-0.15, -0.1) is 6.58 Å². The Balaban J connectivity index is 2.13. The molecule has 0 N–H and O–H groups in total. The number of allylic oxidation sites excluding steroid dienone is 1. The van der Waals surface area contributed by atoms with Crippen molar-refractivity contribution in [1.82, 2.24) is 0 Å². The quantitative estimate of drug-likeness (QED) is 0.804. The number of fused-ring (bicyclic) bond motifs is 1. The number of para-hydroxylation sites is 1. The first-order valence-corrected chi connectivity index (χ1v) is 6.79. The van der Waals surface area contributed by atoms with Crippen molar-refractivity contribution in [3.8, 4) is 0 Å². The average molecular weight is 271 g/mol. The van der Waals surface area contributed by atoms with Crippen LogP contribution in [0.2, 0.25) is 0 Å². The van der Waals surface area contributed by atoms with Gasteiger partial charge in [-0.05, 0) is 18.1 Å². The average Bonchev–Trinajstić information content (AvgIpc) is 2.49. The summed E-state index contributed by atoms with van der Waals surface area (Å²) in [6, 6.07) is 7.23. The van der Waals surface area contributed by atoms with E-state index in [0.29, 0.717) is 36.5 Å². The van der Waals surface area contributed by atoms with Gasteiger partial charge in [-0.1, -0.05) is 18.2 Å². The molecule has 0 aliphatic carbocycles. The molecule has 3 rings (SSSR count). The molecule has 0 saturated carbocycles. The number of hydrogen-bond donors (Lipinski definition) is 0. The third-order valence-electron chi connectivity index (χ3n) is 3.51. The Morgan fingerprint density at radius 3 is 2.85 bits per heavy atom. The van der Waals surface area contributed by atoms with E-state index in [9.17, 15) is 4.79 Å². The first-order valence-electron chi connectivity index (χ1n) is 6.79. The van der Waals surface area contributed by atoms with Gasteiger partial charge in [-0.25, -0.2) is 0 Å². The van der Waals surface area contributed by atoms with Crippen LogP contribution >= 0.6 is 0 Å². The van der Waals surface area contributed by atoms with Crippen LogP contribution in [0.15, 0.2) is 46.1 Å². The highest BCUT2D eigenvalue weighted by atomic mass is 16.5. The molecular weight excluding hydrogens is 254 g/mol. The first-order chi connectivity index (χ1) is 9.79. The molecule has 0 atom stereocenters. The van der Waals surface area contributed by atoms with Crippen LogP contribution in [0.1, 0.15) is 5.56 Å². The Morgan fingerprint density at radius 2 is 2.10 bits per heavy atom. The third kappa shape index (κ3) is 2.34. The molecular formula is C16H17NO3. The van der Waals surface area contributed by atoms with Crippen molar-refractivity contribution in [1.29, 1.82) is 0 Å². The molecule has 4 nitrogen and oxygen atoms in total. The van der Waals surface area contributed by atoms with Crippen molar-refractivity contribution in [2.24, 2.45) is 0 Å². The summed E-state index contributed by atoms with van der Waals surface area (Å²) in [5.74, 6) is 0.627. The summed E-state index contributed by atoms with van der Waals surface area (Å²) in [6.45, 7) is 6.57. The number of anilines is 1. The normalized spacial score (nSPS) is 15.5. The Hall–Kier alpha value is -2.07. The van der Waals surface area contributed by atoms with Gasteiger partial charge in [-0.2, -0.15) is 0 Å². The maximum Gasteiger partial charge on any atom is 0.200 e. The zero-order chi connectivity index (χ0) is 13.9. The number of ether oxygens (including phenoxy) is 1. The van der Waals surface area contributed by atoms with Gasteiger partial charge in [-0.3, -0.25) is 4.79 Å². The van der Waals surface area contributed by atoms with Crippen LogP contribution in [0.5, 0.6) is 0 Å². The van der Waals surface area contributed by atoms with E-state index in [1.54, 1.807) is 12.1 Å². The number of hydrogen-bond acceptors (Lipinski definition) is 4. The van der Waals surface area contributed by atoms with E-state index in [2.05, 4.69) is 11.5 Å². The molecule has 20 heavy (non-hydrogen) atoms. The lowest BCUT2D eigenvalue weighted by Crippen LogP contribution is -2.36. The van der Waals surface area contributed by atoms with Gasteiger partial charge < -0.3 is 14.1 Å². The third-order valence-corrected chi connectivity index (χ3v) is 3.51. The highest BCUT2D eigenvalue weighted by Crippen LogP contribution is 2.23. The van der Waals surface area contributed by atoms with E-state index in [1.807, 2.05) is 18.2 Å². The molecule has 1 aliphatic heterocycles. The second kappa shape index (κ2) is 5.51. The van der Waals surface area contributed by atoms with Crippen LogP contribution in [-0.2, 0) is 11.2 Å². The second-order valence-electron chi connectivity index (χ2n) is 4.83. The number of rotatable bonds is 3. The summed E-state index contributed by atoms with van der Waals surface area (Å²) in [4.78, 5) is 14.3. The predicted octanol–water partition coefficient (Wildman–Crippen LogP) is 2.36. The summed E-state index contributed by atoms with van der Waals surface area (Å²) < 4.78 is 11.3. The maximum atomic E-state index is 12.3. The molecule has 0 unspecified atom stereocenters. The van der Waals surface area contributed by atoms with Crippen molar-refractivity contribution in [3.05, 3.63) is 52.7 Å². The minimum atomic E-state index is -0.00125. The van der Waals surface area contributed by atoms with Crippen LogP contribution in [0, 0.1) is 0 Å². The first kappa shape index (κ1) is 12.9. The number of benzene rings is 1. The van der Waals surface area contributed by atoms with E-state index >= 15 is 0 Å². The minimum absolute atomic E-state index is 0.00125. The Morgan fingerprint density at radius 1 is 1.30 bits per heavy atom. The predicted molar refractivity (Wildman–Crippen MR) is 79.4 cm³/mol. The number of nitrogens with zero attached hydrogens (tertiary/aromatic N) is 1. The molecule has 0 amide bonds. The molecule has 0 spiro atoms.